The van der Waals surface area contributed by atoms with Crippen molar-refractivity contribution >= 4 is 17.8 Å². The monoisotopic (exact) mass is 538 g/mol. The molecule has 0 saturated carbocycles. The number of ether oxygens (including phenoxy) is 2. The topological polar surface area (TPSA) is 93.7 Å². The molecule has 0 aromatic heterocycles. The third-order valence-corrected chi connectivity index (χ3v) is 5.51. The number of halogens is 2. The number of hydrogen-bond acceptors (Lipinski definition) is 5. The summed E-state index contributed by atoms with van der Waals surface area (Å²) in [6, 6.07) is 22.7. The molecule has 1 atom stereocenters. The third-order valence-electron chi connectivity index (χ3n) is 5.51. The van der Waals surface area contributed by atoms with Gasteiger partial charge in [-0.2, -0.15) is 8.78 Å². The molecule has 0 saturated heterocycles. The van der Waals surface area contributed by atoms with E-state index in [-0.39, 0.29) is 13.0 Å². The Balaban J connectivity index is 1.71. The predicted octanol–water partition coefficient (Wildman–Crippen LogP) is 5.22. The average molecular weight is 539 g/mol. The Hall–Kier alpha value is -4.27. The lowest BCUT2D eigenvalue weighted by atomic mass is 9.98. The van der Waals surface area contributed by atoms with Gasteiger partial charge in [-0.15, -0.1) is 0 Å². The van der Waals surface area contributed by atoms with Crippen LogP contribution in [0.2, 0.25) is 0 Å². The first kappa shape index (κ1) is 29.3. The van der Waals surface area contributed by atoms with Crippen LogP contribution in [0.15, 0.2) is 84.9 Å². The zero-order valence-electron chi connectivity index (χ0n) is 22.1. The van der Waals surface area contributed by atoms with E-state index in [1.165, 1.54) is 0 Å². The Bertz CT molecular complexity index is 1240. The second kappa shape index (κ2) is 13.0. The average Bonchev–Trinajstić information content (AvgIpc) is 2.90. The van der Waals surface area contributed by atoms with E-state index in [2.05, 4.69) is 10.6 Å². The molecule has 39 heavy (non-hydrogen) atoms. The molecule has 0 radical (unpaired) electrons. The van der Waals surface area contributed by atoms with Crippen molar-refractivity contribution in [1.82, 2.24) is 10.6 Å². The highest BCUT2D eigenvalue weighted by Gasteiger charge is 2.50. The van der Waals surface area contributed by atoms with Crippen molar-refractivity contribution in [2.45, 2.75) is 57.9 Å². The van der Waals surface area contributed by atoms with Crippen molar-refractivity contribution in [3.05, 3.63) is 102 Å². The normalized spacial score (nSPS) is 12.2. The SMILES string of the molecule is CC(C)(C)OC(=O)NC(Cc1ccc(OCc2ccccc2)cc1)C(=O)C(F)(F)C(=O)NCc1ccccc1. The number of carbonyl (C=O) groups excluding carboxylic acids is 3. The van der Waals surface area contributed by atoms with Crippen molar-refractivity contribution in [2.24, 2.45) is 0 Å². The quantitative estimate of drug-likeness (QED) is 0.327. The maximum atomic E-state index is 15.0. The van der Waals surface area contributed by atoms with Gasteiger partial charge in [0.2, 0.25) is 5.78 Å². The number of amides is 2. The lowest BCUT2D eigenvalue weighted by molar-refractivity contribution is -0.159. The Kier molecular flexibility index (Phi) is 9.76. The van der Waals surface area contributed by atoms with Gasteiger partial charge < -0.3 is 20.1 Å². The molecule has 0 fully saturated rings. The van der Waals surface area contributed by atoms with E-state index in [9.17, 15) is 14.4 Å². The van der Waals surface area contributed by atoms with Crippen LogP contribution in [-0.2, 0) is 33.9 Å². The standard InChI is InChI=1S/C30H32F2N2O5/c1-29(2,3)39-28(37)34-25(26(35)30(31,32)27(36)33-19-22-10-6-4-7-11-22)18-21-14-16-24(17-15-21)38-20-23-12-8-5-9-13-23/h4-17,25H,18-20H2,1-3H3,(H,33,36)(H,34,37). The molecule has 3 aromatic carbocycles. The van der Waals surface area contributed by atoms with Gasteiger partial charge in [-0.05, 0) is 49.6 Å². The first-order valence-electron chi connectivity index (χ1n) is 12.4. The van der Waals surface area contributed by atoms with Crippen molar-refractivity contribution in [2.75, 3.05) is 0 Å². The number of carbonyl (C=O) groups is 3. The first-order chi connectivity index (χ1) is 18.4. The highest BCUT2D eigenvalue weighted by atomic mass is 19.3. The van der Waals surface area contributed by atoms with E-state index in [0.717, 1.165) is 5.56 Å². The Labute approximate surface area is 226 Å². The molecule has 0 spiro atoms. The Morgan fingerprint density at radius 1 is 0.795 bits per heavy atom. The molecule has 0 aliphatic heterocycles. The van der Waals surface area contributed by atoms with Gasteiger partial charge in [-0.1, -0.05) is 72.8 Å². The molecule has 3 rings (SSSR count). The van der Waals surface area contributed by atoms with Crippen molar-refractivity contribution < 1.29 is 32.6 Å². The molecular formula is C30H32F2N2O5. The van der Waals surface area contributed by atoms with Crippen LogP contribution in [-0.4, -0.2) is 35.3 Å². The van der Waals surface area contributed by atoms with Crippen molar-refractivity contribution in [3.8, 4) is 5.75 Å². The molecule has 2 amide bonds. The number of alkyl halides is 2. The fourth-order valence-electron chi connectivity index (χ4n) is 3.58. The molecule has 206 valence electrons. The summed E-state index contributed by atoms with van der Waals surface area (Å²) < 4.78 is 40.9. The number of benzene rings is 3. The minimum absolute atomic E-state index is 0.183. The van der Waals surface area contributed by atoms with Gasteiger partial charge in [0.15, 0.2) is 0 Å². The van der Waals surface area contributed by atoms with Crippen LogP contribution in [0.5, 0.6) is 5.75 Å². The Morgan fingerprint density at radius 2 is 1.36 bits per heavy atom. The Morgan fingerprint density at radius 3 is 1.92 bits per heavy atom. The highest BCUT2D eigenvalue weighted by molar-refractivity contribution is 6.10. The molecule has 0 heterocycles. The second-order valence-corrected chi connectivity index (χ2v) is 9.93. The second-order valence-electron chi connectivity index (χ2n) is 9.93. The van der Waals surface area contributed by atoms with Crippen LogP contribution in [0.1, 0.15) is 37.5 Å². The summed E-state index contributed by atoms with van der Waals surface area (Å²) in [4.78, 5) is 37.7. The number of alkyl carbamates (subject to hydrolysis) is 1. The molecule has 0 aliphatic carbocycles. The molecular weight excluding hydrogens is 506 g/mol. The lowest BCUT2D eigenvalue weighted by Crippen LogP contribution is -2.55. The van der Waals surface area contributed by atoms with Gasteiger partial charge in [0.1, 0.15) is 24.0 Å². The van der Waals surface area contributed by atoms with Crippen LogP contribution in [0.4, 0.5) is 13.6 Å². The van der Waals surface area contributed by atoms with E-state index in [1.54, 1.807) is 75.4 Å². The summed E-state index contributed by atoms with van der Waals surface area (Å²) in [5.74, 6) is -7.36. The molecule has 7 nitrogen and oxygen atoms in total. The van der Waals surface area contributed by atoms with E-state index in [0.29, 0.717) is 23.5 Å². The largest absolute Gasteiger partial charge is 0.489 e. The maximum Gasteiger partial charge on any atom is 0.408 e. The van der Waals surface area contributed by atoms with E-state index in [4.69, 9.17) is 9.47 Å². The molecule has 9 heteroatoms. The fourth-order valence-corrected chi connectivity index (χ4v) is 3.58. The fraction of sp³-hybridized carbons (Fsp3) is 0.300. The van der Waals surface area contributed by atoms with E-state index >= 15 is 8.78 Å². The van der Waals surface area contributed by atoms with Crippen molar-refractivity contribution in [1.29, 1.82) is 0 Å². The maximum absolute atomic E-state index is 15.0. The van der Waals surface area contributed by atoms with Gasteiger partial charge in [0.05, 0.1) is 0 Å². The summed E-state index contributed by atoms with van der Waals surface area (Å²) in [5, 5.41) is 4.31. The van der Waals surface area contributed by atoms with E-state index in [1.807, 2.05) is 30.3 Å². The first-order valence-corrected chi connectivity index (χ1v) is 12.4. The minimum Gasteiger partial charge on any atom is -0.489 e. The zero-order chi connectivity index (χ0) is 28.5. The smallest absolute Gasteiger partial charge is 0.408 e. The number of ketones is 1. The molecule has 3 aromatic rings. The number of nitrogens with one attached hydrogen (secondary N) is 2. The van der Waals surface area contributed by atoms with Crippen LogP contribution in [0, 0.1) is 0 Å². The summed E-state index contributed by atoms with van der Waals surface area (Å²) in [7, 11) is 0. The molecule has 0 aliphatic rings. The summed E-state index contributed by atoms with van der Waals surface area (Å²) in [5.41, 5.74) is 1.11. The summed E-state index contributed by atoms with van der Waals surface area (Å²) in [6.07, 6.45) is -1.34. The number of rotatable bonds is 11. The van der Waals surface area contributed by atoms with Crippen LogP contribution in [0.3, 0.4) is 0 Å². The predicted molar refractivity (Wildman–Crippen MR) is 142 cm³/mol. The molecule has 1 unspecified atom stereocenters. The van der Waals surface area contributed by atoms with Crippen LogP contribution in [0.25, 0.3) is 0 Å². The highest BCUT2D eigenvalue weighted by Crippen LogP contribution is 2.22. The van der Waals surface area contributed by atoms with Crippen LogP contribution >= 0.6 is 0 Å². The zero-order valence-corrected chi connectivity index (χ0v) is 22.1. The number of hydrogen-bond donors (Lipinski definition) is 2. The lowest BCUT2D eigenvalue weighted by Gasteiger charge is -2.25. The van der Waals surface area contributed by atoms with E-state index < -0.39 is 35.3 Å². The summed E-state index contributed by atoms with van der Waals surface area (Å²) >= 11 is 0. The van der Waals surface area contributed by atoms with Gasteiger partial charge in [-0.3, -0.25) is 9.59 Å². The van der Waals surface area contributed by atoms with Crippen molar-refractivity contribution in [3.63, 3.8) is 0 Å². The van der Waals surface area contributed by atoms with Gasteiger partial charge in [0.25, 0.3) is 5.91 Å². The third kappa shape index (κ3) is 9.21. The van der Waals surface area contributed by atoms with Crippen LogP contribution < -0.4 is 15.4 Å². The minimum atomic E-state index is -4.40. The molecule has 0 bridgehead atoms. The number of Topliss-reactive ketones (excluding diaryl/α,β-unsaturated/α-hetero) is 1. The van der Waals surface area contributed by atoms with Gasteiger partial charge >= 0.3 is 12.0 Å². The summed E-state index contributed by atoms with van der Waals surface area (Å²) in [6.45, 7) is 4.96. The van der Waals surface area contributed by atoms with Gasteiger partial charge in [-0.25, -0.2) is 4.79 Å². The molecule has 2 N–H and O–H groups in total. The van der Waals surface area contributed by atoms with Gasteiger partial charge in [0, 0.05) is 13.0 Å².